The van der Waals surface area contributed by atoms with E-state index in [0.717, 1.165) is 23.6 Å². The maximum Gasteiger partial charge on any atom is 0.251 e. The highest BCUT2D eigenvalue weighted by atomic mass is 32.2. The zero-order chi connectivity index (χ0) is 16.2. The lowest BCUT2D eigenvalue weighted by Crippen LogP contribution is -2.09. The molecule has 0 saturated heterocycles. The number of benzene rings is 1. The number of aromatic nitrogens is 4. The summed E-state index contributed by atoms with van der Waals surface area (Å²) in [6.07, 6.45) is 6.24. The van der Waals surface area contributed by atoms with Crippen LogP contribution in [0.25, 0.3) is 5.69 Å². The Kier molecular flexibility index (Phi) is 4.62. The van der Waals surface area contributed by atoms with Crippen molar-refractivity contribution in [1.29, 1.82) is 0 Å². The smallest absolute Gasteiger partial charge is 0.251 e. The maximum absolute atomic E-state index is 11.6. The fourth-order valence-corrected chi connectivity index (χ4v) is 3.26. The van der Waals surface area contributed by atoms with Crippen molar-refractivity contribution in [2.75, 3.05) is 0 Å². The van der Waals surface area contributed by atoms with Crippen LogP contribution in [0.4, 0.5) is 0 Å². The average molecular weight is 326 g/mol. The number of hydrogen-bond acceptors (Lipinski definition) is 4. The van der Waals surface area contributed by atoms with Crippen molar-refractivity contribution >= 4 is 11.8 Å². The molecule has 1 N–H and O–H groups in total. The number of thioether (sulfide) groups is 1. The van der Waals surface area contributed by atoms with Crippen molar-refractivity contribution in [2.24, 2.45) is 0 Å². The first-order valence-corrected chi connectivity index (χ1v) is 8.45. The highest BCUT2D eigenvalue weighted by molar-refractivity contribution is 7.98. The molecule has 1 aromatic carbocycles. The molecule has 0 saturated carbocycles. The number of nitrogens with one attached hydrogen (secondary N) is 1. The van der Waals surface area contributed by atoms with Crippen molar-refractivity contribution in [3.8, 4) is 5.69 Å². The standard InChI is InChI=1S/C17H18N4OS/c1-3-14-9-16(22)20-17(19-14)23-10-13-4-5-15(8-12(13)2)21-7-6-18-11-21/h4-9,11H,3,10H2,1-2H3,(H,19,20,22). The monoisotopic (exact) mass is 326 g/mol. The number of H-pyrrole nitrogens is 1. The largest absolute Gasteiger partial charge is 0.306 e. The number of nitrogens with zero attached hydrogens (tertiary/aromatic N) is 3. The lowest BCUT2D eigenvalue weighted by molar-refractivity contribution is 0.868. The molecule has 3 aromatic rings. The van der Waals surface area contributed by atoms with Gasteiger partial charge < -0.3 is 9.55 Å². The minimum Gasteiger partial charge on any atom is -0.306 e. The molecule has 0 aliphatic carbocycles. The van der Waals surface area contributed by atoms with Gasteiger partial charge in [0.15, 0.2) is 5.16 Å². The number of rotatable bonds is 5. The summed E-state index contributed by atoms with van der Waals surface area (Å²) in [4.78, 5) is 22.9. The predicted octanol–water partition coefficient (Wildman–Crippen LogP) is 3.12. The van der Waals surface area contributed by atoms with Crippen molar-refractivity contribution in [3.63, 3.8) is 0 Å². The first-order valence-electron chi connectivity index (χ1n) is 7.46. The molecule has 5 nitrogen and oxygen atoms in total. The quantitative estimate of drug-likeness (QED) is 0.578. The molecule has 0 radical (unpaired) electrons. The van der Waals surface area contributed by atoms with Gasteiger partial charge in [-0.05, 0) is 36.6 Å². The van der Waals surface area contributed by atoms with E-state index in [0.29, 0.717) is 5.16 Å². The summed E-state index contributed by atoms with van der Waals surface area (Å²) in [6, 6.07) is 7.87. The predicted molar refractivity (Wildman–Crippen MR) is 92.1 cm³/mol. The maximum atomic E-state index is 11.6. The molecule has 3 rings (SSSR count). The van der Waals surface area contributed by atoms with Crippen LogP contribution in [-0.2, 0) is 12.2 Å². The van der Waals surface area contributed by atoms with Gasteiger partial charge >= 0.3 is 0 Å². The van der Waals surface area contributed by atoms with Crippen molar-refractivity contribution in [2.45, 2.75) is 31.2 Å². The lowest BCUT2D eigenvalue weighted by atomic mass is 10.1. The summed E-state index contributed by atoms with van der Waals surface area (Å²) in [7, 11) is 0. The molecule has 2 aromatic heterocycles. The number of aromatic amines is 1. The summed E-state index contributed by atoms with van der Waals surface area (Å²) in [6.45, 7) is 4.09. The number of aryl methyl sites for hydroxylation is 2. The molecular weight excluding hydrogens is 308 g/mol. The highest BCUT2D eigenvalue weighted by Crippen LogP contribution is 2.22. The molecule has 0 fully saturated rings. The normalized spacial score (nSPS) is 10.9. The van der Waals surface area contributed by atoms with E-state index in [4.69, 9.17) is 0 Å². The number of imidazole rings is 1. The molecule has 6 heteroatoms. The minimum atomic E-state index is -0.0912. The van der Waals surface area contributed by atoms with Gasteiger partial charge in [-0.2, -0.15) is 0 Å². The summed E-state index contributed by atoms with van der Waals surface area (Å²) < 4.78 is 1.98. The Morgan fingerprint density at radius 3 is 2.87 bits per heavy atom. The van der Waals surface area contributed by atoms with E-state index in [9.17, 15) is 4.79 Å². The molecule has 23 heavy (non-hydrogen) atoms. The van der Waals surface area contributed by atoms with E-state index in [-0.39, 0.29) is 5.56 Å². The van der Waals surface area contributed by atoms with Gasteiger partial charge in [0.25, 0.3) is 5.56 Å². The summed E-state index contributed by atoms with van der Waals surface area (Å²) >= 11 is 1.55. The summed E-state index contributed by atoms with van der Waals surface area (Å²) in [5.74, 6) is 0.770. The topological polar surface area (TPSA) is 63.6 Å². The molecule has 0 aliphatic rings. The van der Waals surface area contributed by atoms with Crippen LogP contribution in [0.3, 0.4) is 0 Å². The minimum absolute atomic E-state index is 0.0912. The lowest BCUT2D eigenvalue weighted by Gasteiger charge is -2.09. The third kappa shape index (κ3) is 3.71. The van der Waals surface area contributed by atoms with Gasteiger partial charge in [0.2, 0.25) is 0 Å². The second-order valence-corrected chi connectivity index (χ2v) is 6.23. The van der Waals surface area contributed by atoms with Crippen LogP contribution >= 0.6 is 11.8 Å². The molecule has 118 valence electrons. The fraction of sp³-hybridized carbons (Fsp3) is 0.235. The van der Waals surface area contributed by atoms with E-state index < -0.39 is 0 Å². The van der Waals surface area contributed by atoms with Crippen LogP contribution in [0.15, 0.2) is 52.9 Å². The molecule has 0 aliphatic heterocycles. The van der Waals surface area contributed by atoms with Crippen molar-refractivity contribution < 1.29 is 0 Å². The van der Waals surface area contributed by atoms with Gasteiger partial charge in [0, 0.05) is 35.6 Å². The van der Waals surface area contributed by atoms with Crippen LogP contribution in [-0.4, -0.2) is 19.5 Å². The Bertz CT molecular complexity index is 855. The first kappa shape index (κ1) is 15.6. The van der Waals surface area contributed by atoms with E-state index in [1.165, 1.54) is 11.1 Å². The van der Waals surface area contributed by atoms with E-state index >= 15 is 0 Å². The zero-order valence-corrected chi connectivity index (χ0v) is 13.9. The first-order chi connectivity index (χ1) is 11.2. The Hall–Kier alpha value is -2.34. The van der Waals surface area contributed by atoms with Crippen LogP contribution in [0.1, 0.15) is 23.7 Å². The number of hydrogen-bond donors (Lipinski definition) is 1. The van der Waals surface area contributed by atoms with Crippen LogP contribution in [0.5, 0.6) is 0 Å². The van der Waals surface area contributed by atoms with E-state index in [2.05, 4.69) is 40.1 Å². The van der Waals surface area contributed by atoms with Gasteiger partial charge in [0.05, 0.1) is 6.33 Å². The Labute approximate surface area is 138 Å². The van der Waals surface area contributed by atoms with Crippen molar-refractivity contribution in [1.82, 2.24) is 19.5 Å². The molecule has 0 bridgehead atoms. The highest BCUT2D eigenvalue weighted by Gasteiger charge is 2.05. The third-order valence-electron chi connectivity index (χ3n) is 3.63. The van der Waals surface area contributed by atoms with Gasteiger partial charge in [-0.25, -0.2) is 9.97 Å². The molecule has 0 unspecified atom stereocenters. The van der Waals surface area contributed by atoms with Crippen LogP contribution in [0.2, 0.25) is 0 Å². The van der Waals surface area contributed by atoms with Gasteiger partial charge in [-0.1, -0.05) is 24.8 Å². The SMILES string of the molecule is CCc1cc(=O)[nH]c(SCc2ccc(-n3ccnc3)cc2C)n1. The van der Waals surface area contributed by atoms with E-state index in [1.54, 1.807) is 30.4 Å². The summed E-state index contributed by atoms with van der Waals surface area (Å²) in [5, 5.41) is 0.674. The molecule has 0 amide bonds. The molecular formula is C17H18N4OS. The van der Waals surface area contributed by atoms with Gasteiger partial charge in [0.1, 0.15) is 0 Å². The Balaban J connectivity index is 1.76. The fourth-order valence-electron chi connectivity index (χ4n) is 2.29. The second kappa shape index (κ2) is 6.83. The molecule has 0 atom stereocenters. The van der Waals surface area contributed by atoms with Crippen LogP contribution in [0, 0.1) is 6.92 Å². The molecule has 2 heterocycles. The van der Waals surface area contributed by atoms with Gasteiger partial charge in [-0.3, -0.25) is 4.79 Å². The zero-order valence-electron chi connectivity index (χ0n) is 13.1. The Morgan fingerprint density at radius 1 is 1.30 bits per heavy atom. The Morgan fingerprint density at radius 2 is 2.17 bits per heavy atom. The van der Waals surface area contributed by atoms with Crippen LogP contribution < -0.4 is 5.56 Å². The van der Waals surface area contributed by atoms with Gasteiger partial charge in [-0.15, -0.1) is 0 Å². The second-order valence-electron chi connectivity index (χ2n) is 5.26. The summed E-state index contributed by atoms with van der Waals surface area (Å²) in [5.41, 5.74) is 4.25. The van der Waals surface area contributed by atoms with E-state index in [1.807, 2.05) is 17.7 Å². The van der Waals surface area contributed by atoms with Crippen molar-refractivity contribution in [3.05, 3.63) is 70.2 Å². The molecule has 0 spiro atoms. The third-order valence-corrected chi connectivity index (χ3v) is 4.55. The average Bonchev–Trinajstić information content (AvgIpc) is 3.07.